The molecule has 0 aromatic carbocycles. The van der Waals surface area contributed by atoms with Crippen LogP contribution in [0.15, 0.2) is 0 Å². The molecule has 0 fully saturated rings. The summed E-state index contributed by atoms with van der Waals surface area (Å²) in [5.41, 5.74) is 0. The largest absolute Gasteiger partial charge is 0.235 e. The Morgan fingerprint density at radius 2 is 1.57 bits per heavy atom. The maximum absolute atomic E-state index is 11.4. The minimum Gasteiger partial charge on any atom is -0.217 e. The van der Waals surface area contributed by atoms with E-state index in [2.05, 4.69) is 0 Å². The Morgan fingerprint density at radius 3 is 1.86 bits per heavy atom. The normalized spacial score (nSPS) is 13.4. The van der Waals surface area contributed by atoms with E-state index in [4.69, 9.17) is 0 Å². The van der Waals surface area contributed by atoms with Crippen molar-refractivity contribution in [3.05, 3.63) is 5.08 Å². The minimum absolute atomic E-state index is 0.245. The molecule has 0 rings (SSSR count). The van der Waals surface area contributed by atoms with E-state index >= 15 is 0 Å². The van der Waals surface area contributed by atoms with Gasteiger partial charge in [0, 0.05) is 13.1 Å². The molecule has 0 heterocycles. The molecule has 0 spiro atoms. The van der Waals surface area contributed by atoms with Gasteiger partial charge in [-0.3, -0.25) is 0 Å². The van der Waals surface area contributed by atoms with Crippen LogP contribution in [0.4, 0.5) is 0 Å². The van der Waals surface area contributed by atoms with Crippen molar-refractivity contribution in [1.82, 2.24) is 9.03 Å². The third-order valence-corrected chi connectivity index (χ3v) is 5.39. The molecule has 14 heavy (non-hydrogen) atoms. The fourth-order valence-electron chi connectivity index (χ4n) is 0.853. The number of sulfonamides is 2. The van der Waals surface area contributed by atoms with Crippen molar-refractivity contribution < 1.29 is 16.8 Å². The molecule has 0 aromatic rings. The van der Waals surface area contributed by atoms with E-state index in [0.29, 0.717) is 5.08 Å². The molecule has 1 N–H and O–H groups in total. The van der Waals surface area contributed by atoms with E-state index in [1.807, 2.05) is 4.72 Å². The number of hydrogen-bond acceptors (Lipinski definition) is 4. The topological polar surface area (TPSA) is 83.6 Å². The SMILES string of the molecule is CCN(CC)S(=O)(=O)[CH]S(=O)(=O)NC. The van der Waals surface area contributed by atoms with Crippen molar-refractivity contribution in [3.8, 4) is 0 Å². The lowest BCUT2D eigenvalue weighted by Crippen LogP contribution is -2.34. The van der Waals surface area contributed by atoms with Gasteiger partial charge in [-0.2, -0.15) is 0 Å². The van der Waals surface area contributed by atoms with Crippen molar-refractivity contribution in [2.24, 2.45) is 0 Å². The molecule has 85 valence electrons. The number of hydrogen-bond donors (Lipinski definition) is 1. The van der Waals surface area contributed by atoms with Gasteiger partial charge in [-0.05, 0) is 7.05 Å². The van der Waals surface area contributed by atoms with Crippen LogP contribution in [0.2, 0.25) is 0 Å². The Hall–Kier alpha value is -0.180. The average molecular weight is 243 g/mol. The Balaban J connectivity index is 4.83. The fourth-order valence-corrected chi connectivity index (χ4v) is 3.72. The maximum atomic E-state index is 11.4. The van der Waals surface area contributed by atoms with E-state index in [1.54, 1.807) is 13.8 Å². The smallest absolute Gasteiger partial charge is 0.217 e. The summed E-state index contributed by atoms with van der Waals surface area (Å²) < 4.78 is 47.8. The molecular formula is C6H15N2O4S2. The first-order chi connectivity index (χ1) is 6.29. The highest BCUT2D eigenvalue weighted by molar-refractivity contribution is 8.09. The second-order valence-electron chi connectivity index (χ2n) is 2.47. The average Bonchev–Trinajstić information content (AvgIpc) is 2.04. The fraction of sp³-hybridized carbons (Fsp3) is 0.833. The summed E-state index contributed by atoms with van der Waals surface area (Å²) >= 11 is 0. The minimum atomic E-state index is -3.85. The van der Waals surface area contributed by atoms with Gasteiger partial charge in [-0.25, -0.2) is 25.9 Å². The first kappa shape index (κ1) is 13.8. The third-order valence-electron chi connectivity index (χ3n) is 1.60. The van der Waals surface area contributed by atoms with Gasteiger partial charge in [-0.15, -0.1) is 0 Å². The van der Waals surface area contributed by atoms with Crippen molar-refractivity contribution >= 4 is 20.0 Å². The molecule has 0 aliphatic carbocycles. The summed E-state index contributed by atoms with van der Waals surface area (Å²) in [6.07, 6.45) is 0. The highest BCUT2D eigenvalue weighted by Crippen LogP contribution is 2.08. The van der Waals surface area contributed by atoms with Gasteiger partial charge in [0.1, 0.15) is 0 Å². The summed E-state index contributed by atoms with van der Waals surface area (Å²) in [6.45, 7) is 3.77. The second kappa shape index (κ2) is 5.06. The van der Waals surface area contributed by atoms with Crippen molar-refractivity contribution in [1.29, 1.82) is 0 Å². The van der Waals surface area contributed by atoms with Crippen LogP contribution in [-0.4, -0.2) is 41.3 Å². The molecule has 0 bridgehead atoms. The summed E-state index contributed by atoms with van der Waals surface area (Å²) in [4.78, 5) is 0. The standard InChI is InChI=1S/C6H15N2O4S2/c1-4-8(5-2)14(11,12)6-13(9,10)7-3/h6-7H,4-5H2,1-3H3. The summed E-state index contributed by atoms with van der Waals surface area (Å²) in [5.74, 6) is 0. The molecule has 8 heteroatoms. The zero-order valence-electron chi connectivity index (χ0n) is 8.39. The van der Waals surface area contributed by atoms with E-state index in [1.165, 1.54) is 0 Å². The van der Waals surface area contributed by atoms with Crippen LogP contribution in [-0.2, 0) is 20.0 Å². The molecule has 0 aliphatic heterocycles. The van der Waals surface area contributed by atoms with Gasteiger partial charge in [-0.1, -0.05) is 13.8 Å². The molecule has 6 nitrogen and oxygen atoms in total. The zero-order valence-corrected chi connectivity index (χ0v) is 10.0. The van der Waals surface area contributed by atoms with Crippen LogP contribution >= 0.6 is 0 Å². The zero-order chi connectivity index (χ0) is 11.4. The maximum Gasteiger partial charge on any atom is 0.235 e. The summed E-state index contributed by atoms with van der Waals surface area (Å²) in [7, 11) is -6.53. The quantitative estimate of drug-likeness (QED) is 0.670. The number of nitrogens with one attached hydrogen (secondary N) is 1. The van der Waals surface area contributed by atoms with Gasteiger partial charge in [0.2, 0.25) is 25.1 Å². The Morgan fingerprint density at radius 1 is 1.14 bits per heavy atom. The molecule has 0 atom stereocenters. The molecule has 0 aromatic heterocycles. The van der Waals surface area contributed by atoms with E-state index in [0.717, 1.165) is 11.4 Å². The molecule has 0 saturated heterocycles. The Bertz CT molecular complexity index is 355. The molecule has 1 radical (unpaired) electrons. The lowest BCUT2D eigenvalue weighted by Gasteiger charge is -2.17. The third kappa shape index (κ3) is 3.91. The molecule has 0 aliphatic rings. The summed E-state index contributed by atoms with van der Waals surface area (Å²) in [5, 5.41) is 0.326. The first-order valence-electron chi connectivity index (χ1n) is 4.07. The molecule has 0 amide bonds. The van der Waals surface area contributed by atoms with E-state index in [9.17, 15) is 16.8 Å². The Labute approximate surface area is 85.4 Å². The Kier molecular flexibility index (Phi) is 4.99. The lowest BCUT2D eigenvalue weighted by molar-refractivity contribution is 0.451. The van der Waals surface area contributed by atoms with Crippen molar-refractivity contribution in [3.63, 3.8) is 0 Å². The predicted octanol–water partition coefficient (Wildman–Crippen LogP) is -0.674. The van der Waals surface area contributed by atoms with Gasteiger partial charge in [0.05, 0.1) is 0 Å². The van der Waals surface area contributed by atoms with Crippen molar-refractivity contribution in [2.45, 2.75) is 13.8 Å². The van der Waals surface area contributed by atoms with Gasteiger partial charge in [0.25, 0.3) is 0 Å². The molecule has 0 unspecified atom stereocenters. The number of nitrogens with zero attached hydrogens (tertiary/aromatic N) is 1. The van der Waals surface area contributed by atoms with Gasteiger partial charge in [0.15, 0.2) is 0 Å². The van der Waals surface area contributed by atoms with Crippen LogP contribution in [0.5, 0.6) is 0 Å². The van der Waals surface area contributed by atoms with Crippen LogP contribution in [0.1, 0.15) is 13.8 Å². The van der Waals surface area contributed by atoms with Crippen LogP contribution < -0.4 is 4.72 Å². The highest BCUT2D eigenvalue weighted by atomic mass is 32.3. The highest BCUT2D eigenvalue weighted by Gasteiger charge is 2.26. The van der Waals surface area contributed by atoms with E-state index in [-0.39, 0.29) is 13.1 Å². The lowest BCUT2D eigenvalue weighted by atomic mass is 10.7. The van der Waals surface area contributed by atoms with Crippen LogP contribution in [0, 0.1) is 5.08 Å². The first-order valence-corrected chi connectivity index (χ1v) is 7.12. The second-order valence-corrected chi connectivity index (χ2v) is 6.29. The van der Waals surface area contributed by atoms with Crippen LogP contribution in [0.25, 0.3) is 0 Å². The summed E-state index contributed by atoms with van der Waals surface area (Å²) in [6, 6.07) is 0. The van der Waals surface area contributed by atoms with Gasteiger partial charge >= 0.3 is 0 Å². The molecular weight excluding hydrogens is 228 g/mol. The number of rotatable bonds is 6. The predicted molar refractivity (Wildman–Crippen MR) is 54.1 cm³/mol. The molecule has 0 saturated carbocycles. The monoisotopic (exact) mass is 243 g/mol. The van der Waals surface area contributed by atoms with E-state index < -0.39 is 20.0 Å². The van der Waals surface area contributed by atoms with Crippen LogP contribution in [0.3, 0.4) is 0 Å². The van der Waals surface area contributed by atoms with Gasteiger partial charge < -0.3 is 0 Å². The van der Waals surface area contributed by atoms with Crippen molar-refractivity contribution in [2.75, 3.05) is 20.1 Å².